The van der Waals surface area contributed by atoms with E-state index in [4.69, 9.17) is 0 Å². The largest absolute Gasteiger partial charge is 0.312 e. The number of hydrogen-bond donors (Lipinski definition) is 2. The molecule has 2 rings (SSSR count). The molecule has 0 aromatic heterocycles. The second kappa shape index (κ2) is 5.82. The molecule has 2 N–H and O–H groups in total. The van der Waals surface area contributed by atoms with Crippen LogP contribution in [0.4, 0.5) is 0 Å². The molecule has 1 aliphatic rings. The SMILES string of the molecule is CCCCNS(=O)(=O)c1cccc2c1CCNC2. The molecule has 0 amide bonds. The van der Waals surface area contributed by atoms with Crippen LogP contribution in [0.15, 0.2) is 23.1 Å². The molecule has 1 aromatic rings. The van der Waals surface area contributed by atoms with Crippen LogP contribution in [0.25, 0.3) is 0 Å². The van der Waals surface area contributed by atoms with Crippen LogP contribution in [0.1, 0.15) is 30.9 Å². The molecule has 0 atom stereocenters. The van der Waals surface area contributed by atoms with Gasteiger partial charge in [0.1, 0.15) is 0 Å². The van der Waals surface area contributed by atoms with Crippen molar-refractivity contribution in [2.75, 3.05) is 13.1 Å². The summed E-state index contributed by atoms with van der Waals surface area (Å²) in [5.74, 6) is 0. The first-order valence-electron chi connectivity index (χ1n) is 6.46. The molecular weight excluding hydrogens is 248 g/mol. The monoisotopic (exact) mass is 268 g/mol. The van der Waals surface area contributed by atoms with Crippen molar-refractivity contribution in [3.63, 3.8) is 0 Å². The van der Waals surface area contributed by atoms with E-state index in [1.54, 1.807) is 6.07 Å². The van der Waals surface area contributed by atoms with E-state index in [1.807, 2.05) is 19.1 Å². The van der Waals surface area contributed by atoms with Gasteiger partial charge in [-0.1, -0.05) is 25.5 Å². The molecule has 0 spiro atoms. The van der Waals surface area contributed by atoms with Gasteiger partial charge in [0.25, 0.3) is 0 Å². The summed E-state index contributed by atoms with van der Waals surface area (Å²) >= 11 is 0. The molecule has 0 saturated carbocycles. The first-order chi connectivity index (χ1) is 8.65. The molecule has 18 heavy (non-hydrogen) atoms. The lowest BCUT2D eigenvalue weighted by Gasteiger charge is -2.20. The summed E-state index contributed by atoms with van der Waals surface area (Å²) in [5.41, 5.74) is 2.07. The minimum absolute atomic E-state index is 0.456. The summed E-state index contributed by atoms with van der Waals surface area (Å²) in [6.07, 6.45) is 2.63. The minimum atomic E-state index is -3.35. The molecule has 0 fully saturated rings. The van der Waals surface area contributed by atoms with Crippen molar-refractivity contribution in [3.05, 3.63) is 29.3 Å². The van der Waals surface area contributed by atoms with E-state index in [0.717, 1.165) is 43.5 Å². The highest BCUT2D eigenvalue weighted by Crippen LogP contribution is 2.22. The van der Waals surface area contributed by atoms with Gasteiger partial charge in [-0.3, -0.25) is 0 Å². The van der Waals surface area contributed by atoms with Crippen LogP contribution in [0.5, 0.6) is 0 Å². The smallest absolute Gasteiger partial charge is 0.240 e. The zero-order chi connectivity index (χ0) is 13.0. The Balaban J connectivity index is 2.27. The lowest BCUT2D eigenvalue weighted by molar-refractivity contribution is 0.573. The standard InChI is InChI=1S/C13H20N2O2S/c1-2-3-8-15-18(16,17)13-6-4-5-11-10-14-9-7-12(11)13/h4-6,14-15H,2-3,7-10H2,1H3. The number of sulfonamides is 1. The number of rotatable bonds is 5. The van der Waals surface area contributed by atoms with Crippen LogP contribution in [-0.2, 0) is 23.0 Å². The van der Waals surface area contributed by atoms with E-state index >= 15 is 0 Å². The van der Waals surface area contributed by atoms with Crippen molar-refractivity contribution in [1.82, 2.24) is 10.0 Å². The van der Waals surface area contributed by atoms with Crippen molar-refractivity contribution < 1.29 is 8.42 Å². The Hall–Kier alpha value is -0.910. The first kappa shape index (κ1) is 13.5. The fraction of sp³-hybridized carbons (Fsp3) is 0.538. The van der Waals surface area contributed by atoms with Gasteiger partial charge in [-0.2, -0.15) is 0 Å². The van der Waals surface area contributed by atoms with Gasteiger partial charge in [0.2, 0.25) is 10.0 Å². The summed E-state index contributed by atoms with van der Waals surface area (Å²) in [5, 5.41) is 3.26. The Labute approximate surface area is 109 Å². The maximum absolute atomic E-state index is 12.2. The van der Waals surface area contributed by atoms with Crippen LogP contribution in [0.3, 0.4) is 0 Å². The van der Waals surface area contributed by atoms with Gasteiger partial charge in [0.05, 0.1) is 4.90 Å². The highest BCUT2D eigenvalue weighted by atomic mass is 32.2. The topological polar surface area (TPSA) is 58.2 Å². The number of hydrogen-bond acceptors (Lipinski definition) is 3. The van der Waals surface area contributed by atoms with E-state index < -0.39 is 10.0 Å². The fourth-order valence-electron chi connectivity index (χ4n) is 2.21. The van der Waals surface area contributed by atoms with Crippen LogP contribution >= 0.6 is 0 Å². The first-order valence-corrected chi connectivity index (χ1v) is 7.94. The van der Waals surface area contributed by atoms with Crippen LogP contribution < -0.4 is 10.0 Å². The maximum atomic E-state index is 12.2. The predicted octanol–water partition coefficient (Wildman–Crippen LogP) is 1.41. The second-order valence-corrected chi connectivity index (χ2v) is 6.31. The van der Waals surface area contributed by atoms with Gasteiger partial charge in [0.15, 0.2) is 0 Å². The zero-order valence-corrected chi connectivity index (χ0v) is 11.5. The summed E-state index contributed by atoms with van der Waals surface area (Å²) in [7, 11) is -3.35. The van der Waals surface area contributed by atoms with Gasteiger partial charge < -0.3 is 5.32 Å². The average molecular weight is 268 g/mol. The minimum Gasteiger partial charge on any atom is -0.312 e. The zero-order valence-electron chi connectivity index (χ0n) is 10.7. The highest BCUT2D eigenvalue weighted by Gasteiger charge is 2.21. The Morgan fingerprint density at radius 1 is 1.39 bits per heavy atom. The van der Waals surface area contributed by atoms with E-state index in [-0.39, 0.29) is 0 Å². The third kappa shape index (κ3) is 2.91. The Bertz CT molecular complexity index is 512. The average Bonchev–Trinajstić information content (AvgIpc) is 2.38. The quantitative estimate of drug-likeness (QED) is 0.794. The number of fused-ring (bicyclic) bond motifs is 1. The summed E-state index contributed by atoms with van der Waals surface area (Å²) in [6, 6.07) is 5.52. The third-order valence-corrected chi connectivity index (χ3v) is 4.75. The molecule has 5 heteroatoms. The van der Waals surface area contributed by atoms with Gasteiger partial charge >= 0.3 is 0 Å². The van der Waals surface area contributed by atoms with E-state index in [2.05, 4.69) is 10.0 Å². The fourth-order valence-corrected chi connectivity index (χ4v) is 3.59. The molecule has 0 saturated heterocycles. The molecule has 0 aliphatic carbocycles. The number of nitrogens with one attached hydrogen (secondary N) is 2. The molecule has 0 bridgehead atoms. The summed E-state index contributed by atoms with van der Waals surface area (Å²) in [4.78, 5) is 0.456. The van der Waals surface area contributed by atoms with E-state index in [0.29, 0.717) is 11.4 Å². The normalized spacial score (nSPS) is 15.4. The van der Waals surface area contributed by atoms with Crippen molar-refractivity contribution >= 4 is 10.0 Å². The van der Waals surface area contributed by atoms with Gasteiger partial charge in [0, 0.05) is 13.1 Å². The maximum Gasteiger partial charge on any atom is 0.240 e. The predicted molar refractivity (Wildman–Crippen MR) is 71.9 cm³/mol. The lowest BCUT2D eigenvalue weighted by Crippen LogP contribution is -2.29. The molecule has 1 aromatic carbocycles. The van der Waals surface area contributed by atoms with Crippen LogP contribution in [0, 0.1) is 0 Å². The molecule has 1 aliphatic heterocycles. The van der Waals surface area contributed by atoms with E-state index in [1.165, 1.54) is 0 Å². The summed E-state index contributed by atoms with van der Waals surface area (Å²) < 4.78 is 27.2. The number of benzene rings is 1. The molecule has 100 valence electrons. The van der Waals surface area contributed by atoms with Gasteiger partial charge in [-0.15, -0.1) is 0 Å². The van der Waals surface area contributed by atoms with Crippen molar-refractivity contribution in [3.8, 4) is 0 Å². The Morgan fingerprint density at radius 2 is 2.22 bits per heavy atom. The van der Waals surface area contributed by atoms with Crippen molar-refractivity contribution in [2.45, 2.75) is 37.6 Å². The molecule has 4 nitrogen and oxygen atoms in total. The van der Waals surface area contributed by atoms with Crippen LogP contribution in [-0.4, -0.2) is 21.5 Å². The Morgan fingerprint density at radius 3 is 3.00 bits per heavy atom. The third-order valence-electron chi connectivity index (χ3n) is 3.21. The second-order valence-electron chi connectivity index (χ2n) is 4.57. The van der Waals surface area contributed by atoms with Crippen molar-refractivity contribution in [1.29, 1.82) is 0 Å². The summed E-state index contributed by atoms with van der Waals surface area (Å²) in [6.45, 7) is 4.16. The molecule has 1 heterocycles. The lowest BCUT2D eigenvalue weighted by atomic mass is 10.0. The number of unbranched alkanes of at least 4 members (excludes halogenated alkanes) is 1. The Kier molecular flexibility index (Phi) is 4.37. The van der Waals surface area contributed by atoms with Crippen LogP contribution in [0.2, 0.25) is 0 Å². The molecule has 0 unspecified atom stereocenters. The molecule has 0 radical (unpaired) electrons. The molecular formula is C13H20N2O2S. The van der Waals surface area contributed by atoms with Crippen molar-refractivity contribution in [2.24, 2.45) is 0 Å². The van der Waals surface area contributed by atoms with Gasteiger partial charge in [-0.05, 0) is 36.6 Å². The van der Waals surface area contributed by atoms with Gasteiger partial charge in [-0.25, -0.2) is 13.1 Å². The van der Waals surface area contributed by atoms with E-state index in [9.17, 15) is 8.42 Å². The highest BCUT2D eigenvalue weighted by molar-refractivity contribution is 7.89.